The molecule has 0 saturated heterocycles. The number of thiophene rings is 2. The molecule has 9 heteroatoms. The van der Waals surface area contributed by atoms with Gasteiger partial charge in [-0.3, -0.25) is 9.59 Å². The number of aliphatic hydroxyl groups is 1. The molecule has 0 spiro atoms. The van der Waals surface area contributed by atoms with E-state index in [4.69, 9.17) is 9.47 Å². The zero-order chi connectivity index (χ0) is 20.8. The molecule has 2 heterocycles. The van der Waals surface area contributed by atoms with Crippen LogP contribution in [0.4, 0.5) is 5.69 Å². The van der Waals surface area contributed by atoms with E-state index in [1.807, 2.05) is 29.6 Å². The average Bonchev–Trinajstić information content (AvgIpc) is 3.43. The van der Waals surface area contributed by atoms with Gasteiger partial charge in [0.15, 0.2) is 0 Å². The number of rotatable bonds is 7. The molecule has 0 radical (unpaired) electrons. The van der Waals surface area contributed by atoms with Crippen molar-refractivity contribution in [2.45, 2.75) is 12.6 Å². The maximum absolute atomic E-state index is 12.2. The van der Waals surface area contributed by atoms with E-state index in [1.165, 1.54) is 36.9 Å². The molecule has 2 amide bonds. The largest absolute Gasteiger partial charge is 0.497 e. The van der Waals surface area contributed by atoms with Crippen molar-refractivity contribution in [2.24, 2.45) is 0 Å². The van der Waals surface area contributed by atoms with Crippen molar-refractivity contribution in [3.05, 3.63) is 62.5 Å². The molecule has 0 fully saturated rings. The molecular formula is C20H20N2O5S2. The Kier molecular flexibility index (Phi) is 6.86. The van der Waals surface area contributed by atoms with Gasteiger partial charge in [0, 0.05) is 20.7 Å². The smallest absolute Gasteiger partial charge is 0.313 e. The van der Waals surface area contributed by atoms with Crippen LogP contribution in [0.1, 0.15) is 20.7 Å². The molecule has 0 bridgehead atoms. The van der Waals surface area contributed by atoms with Gasteiger partial charge in [-0.05, 0) is 35.7 Å². The van der Waals surface area contributed by atoms with Gasteiger partial charge in [0.05, 0.1) is 26.5 Å². The zero-order valence-corrected chi connectivity index (χ0v) is 17.4. The number of anilines is 1. The molecule has 3 aromatic rings. The fourth-order valence-corrected chi connectivity index (χ4v) is 4.32. The molecule has 7 nitrogen and oxygen atoms in total. The van der Waals surface area contributed by atoms with Crippen molar-refractivity contribution in [2.75, 3.05) is 19.5 Å². The van der Waals surface area contributed by atoms with E-state index < -0.39 is 17.9 Å². The molecule has 0 aliphatic carbocycles. The molecule has 2 aromatic heterocycles. The van der Waals surface area contributed by atoms with Gasteiger partial charge >= 0.3 is 11.8 Å². The number of benzene rings is 1. The van der Waals surface area contributed by atoms with Crippen LogP contribution in [0, 0.1) is 0 Å². The lowest BCUT2D eigenvalue weighted by Gasteiger charge is -2.11. The van der Waals surface area contributed by atoms with Crippen molar-refractivity contribution in [3.8, 4) is 11.5 Å². The summed E-state index contributed by atoms with van der Waals surface area (Å²) in [6, 6.07) is 12.3. The first-order chi connectivity index (χ1) is 14.0. The SMILES string of the molecule is COc1ccc(OC)c(NC(=O)C(=O)NCc2ccc(C(O)c3cccs3)s2)c1. The van der Waals surface area contributed by atoms with E-state index in [1.54, 1.807) is 18.2 Å². The Morgan fingerprint density at radius 1 is 1.07 bits per heavy atom. The van der Waals surface area contributed by atoms with Crippen LogP contribution in [0.5, 0.6) is 11.5 Å². The maximum atomic E-state index is 12.2. The summed E-state index contributed by atoms with van der Waals surface area (Å²) in [5.41, 5.74) is 0.337. The number of aliphatic hydroxyl groups excluding tert-OH is 1. The molecule has 29 heavy (non-hydrogen) atoms. The van der Waals surface area contributed by atoms with Crippen LogP contribution in [-0.2, 0) is 16.1 Å². The monoisotopic (exact) mass is 432 g/mol. The Bertz CT molecular complexity index is 985. The number of amides is 2. The molecule has 0 aliphatic heterocycles. The van der Waals surface area contributed by atoms with Crippen molar-refractivity contribution >= 4 is 40.2 Å². The summed E-state index contributed by atoms with van der Waals surface area (Å²) < 4.78 is 10.3. The highest BCUT2D eigenvalue weighted by molar-refractivity contribution is 7.12. The summed E-state index contributed by atoms with van der Waals surface area (Å²) >= 11 is 2.86. The van der Waals surface area contributed by atoms with Crippen LogP contribution in [0.25, 0.3) is 0 Å². The van der Waals surface area contributed by atoms with Gasteiger partial charge in [0.25, 0.3) is 0 Å². The predicted octanol–water partition coefficient (Wildman–Crippen LogP) is 3.16. The van der Waals surface area contributed by atoms with Crippen LogP contribution in [0.3, 0.4) is 0 Å². The van der Waals surface area contributed by atoms with E-state index in [2.05, 4.69) is 10.6 Å². The second-order valence-electron chi connectivity index (χ2n) is 5.93. The van der Waals surface area contributed by atoms with Crippen molar-refractivity contribution in [3.63, 3.8) is 0 Å². The molecule has 0 saturated carbocycles. The second-order valence-corrected chi connectivity index (χ2v) is 8.10. The fraction of sp³-hybridized carbons (Fsp3) is 0.200. The Labute approximate surface area is 175 Å². The number of hydrogen-bond acceptors (Lipinski definition) is 7. The van der Waals surface area contributed by atoms with E-state index >= 15 is 0 Å². The lowest BCUT2D eigenvalue weighted by molar-refractivity contribution is -0.136. The Hall–Kier alpha value is -2.88. The van der Waals surface area contributed by atoms with Gasteiger partial charge in [-0.2, -0.15) is 0 Å². The van der Waals surface area contributed by atoms with E-state index in [-0.39, 0.29) is 6.54 Å². The standard InChI is InChI=1S/C20H20N2O5S2/c1-26-12-5-7-15(27-2)14(10-12)22-20(25)19(24)21-11-13-6-8-17(29-13)18(23)16-4-3-9-28-16/h3-10,18,23H,11H2,1-2H3,(H,21,24)(H,22,25). The third-order valence-electron chi connectivity index (χ3n) is 4.05. The molecule has 3 rings (SSSR count). The maximum Gasteiger partial charge on any atom is 0.313 e. The van der Waals surface area contributed by atoms with Crippen molar-refractivity contribution in [1.29, 1.82) is 0 Å². The zero-order valence-electron chi connectivity index (χ0n) is 15.8. The van der Waals surface area contributed by atoms with Crippen LogP contribution < -0.4 is 20.1 Å². The van der Waals surface area contributed by atoms with Gasteiger partial charge in [0.2, 0.25) is 0 Å². The molecule has 0 aliphatic rings. The van der Waals surface area contributed by atoms with Gasteiger partial charge in [-0.25, -0.2) is 0 Å². The third kappa shape index (κ3) is 5.14. The minimum Gasteiger partial charge on any atom is -0.497 e. The average molecular weight is 433 g/mol. The summed E-state index contributed by atoms with van der Waals surface area (Å²) in [7, 11) is 2.97. The first kappa shape index (κ1) is 20.8. The number of methoxy groups -OCH3 is 2. The first-order valence-electron chi connectivity index (χ1n) is 8.63. The van der Waals surface area contributed by atoms with Gasteiger partial charge in [0.1, 0.15) is 17.6 Å². The number of hydrogen-bond donors (Lipinski definition) is 3. The second kappa shape index (κ2) is 9.55. The molecule has 1 unspecified atom stereocenters. The summed E-state index contributed by atoms with van der Waals surface area (Å²) in [6.45, 7) is 0.184. The van der Waals surface area contributed by atoms with Crippen LogP contribution in [0.15, 0.2) is 47.8 Å². The number of carbonyl (C=O) groups is 2. The minimum absolute atomic E-state index is 0.184. The lowest BCUT2D eigenvalue weighted by Crippen LogP contribution is -2.34. The summed E-state index contributed by atoms with van der Waals surface area (Å²) in [5, 5.41) is 17.4. The van der Waals surface area contributed by atoms with E-state index in [0.717, 1.165) is 14.6 Å². The number of carbonyl (C=O) groups excluding carboxylic acids is 2. The van der Waals surface area contributed by atoms with E-state index in [9.17, 15) is 14.7 Å². The molecule has 1 aromatic carbocycles. The van der Waals surface area contributed by atoms with Gasteiger partial charge < -0.3 is 25.2 Å². The first-order valence-corrected chi connectivity index (χ1v) is 10.3. The summed E-state index contributed by atoms with van der Waals surface area (Å²) in [4.78, 5) is 26.8. The Morgan fingerprint density at radius 3 is 2.59 bits per heavy atom. The van der Waals surface area contributed by atoms with Gasteiger partial charge in [-0.1, -0.05) is 6.07 Å². The topological polar surface area (TPSA) is 96.9 Å². The summed E-state index contributed by atoms with van der Waals surface area (Å²) in [6.07, 6.45) is -0.687. The van der Waals surface area contributed by atoms with Crippen molar-refractivity contribution < 1.29 is 24.2 Å². The molecule has 3 N–H and O–H groups in total. The van der Waals surface area contributed by atoms with E-state index in [0.29, 0.717) is 17.2 Å². The number of nitrogens with one attached hydrogen (secondary N) is 2. The van der Waals surface area contributed by atoms with Crippen LogP contribution in [-0.4, -0.2) is 31.1 Å². The normalized spacial score (nSPS) is 11.6. The number of ether oxygens (including phenoxy) is 2. The Morgan fingerprint density at radius 2 is 1.90 bits per heavy atom. The van der Waals surface area contributed by atoms with Crippen molar-refractivity contribution in [1.82, 2.24) is 5.32 Å². The highest BCUT2D eigenvalue weighted by Gasteiger charge is 2.18. The molecule has 1 atom stereocenters. The Balaban J connectivity index is 1.58. The lowest BCUT2D eigenvalue weighted by atomic mass is 10.2. The highest BCUT2D eigenvalue weighted by atomic mass is 32.1. The molecule has 152 valence electrons. The van der Waals surface area contributed by atoms with Crippen LogP contribution in [0.2, 0.25) is 0 Å². The fourth-order valence-electron chi connectivity index (χ4n) is 2.56. The highest BCUT2D eigenvalue weighted by Crippen LogP contribution is 2.31. The van der Waals surface area contributed by atoms with Gasteiger partial charge in [-0.15, -0.1) is 22.7 Å². The quantitative estimate of drug-likeness (QED) is 0.499. The molecular weight excluding hydrogens is 412 g/mol. The summed E-state index contributed by atoms with van der Waals surface area (Å²) in [5.74, 6) is -0.648. The predicted molar refractivity (Wildman–Crippen MR) is 113 cm³/mol. The third-order valence-corrected chi connectivity index (χ3v) is 6.11. The van der Waals surface area contributed by atoms with Crippen LogP contribution >= 0.6 is 22.7 Å². The minimum atomic E-state index is -0.813.